The molecule has 116 valence electrons. The van der Waals surface area contributed by atoms with E-state index in [1.807, 2.05) is 6.92 Å². The Hall–Kier alpha value is -2.50. The van der Waals surface area contributed by atoms with Crippen molar-refractivity contribution in [1.82, 2.24) is 0 Å². The summed E-state index contributed by atoms with van der Waals surface area (Å²) in [6.45, 7) is 2.53. The Morgan fingerprint density at radius 3 is 2.36 bits per heavy atom. The number of nitrogens with one attached hydrogen (secondary N) is 1. The summed E-state index contributed by atoms with van der Waals surface area (Å²) in [5.41, 5.74) is -0.178. The Bertz CT molecular complexity index is 672. The first-order valence-electron chi connectivity index (χ1n) is 6.70. The molecule has 0 unspecified atom stereocenters. The summed E-state index contributed by atoms with van der Waals surface area (Å²) < 4.78 is 44.8. The Kier molecular flexibility index (Phi) is 5.04. The topological polar surface area (TPSA) is 38.3 Å². The average Bonchev–Trinajstić information content (AvgIpc) is 2.54. The molecule has 0 bridgehead atoms. The van der Waals surface area contributed by atoms with Crippen LogP contribution in [-0.2, 0) is 0 Å². The summed E-state index contributed by atoms with van der Waals surface area (Å²) in [6.07, 6.45) is 0.859. The van der Waals surface area contributed by atoms with E-state index in [1.165, 1.54) is 12.1 Å². The molecular weight excluding hydrogens is 295 g/mol. The predicted octanol–water partition coefficient (Wildman–Crippen LogP) is 4.15. The number of hydrogen-bond acceptors (Lipinski definition) is 2. The van der Waals surface area contributed by atoms with Gasteiger partial charge in [-0.05, 0) is 42.8 Å². The summed E-state index contributed by atoms with van der Waals surface area (Å²) in [6, 6.07) is 7.91. The lowest BCUT2D eigenvalue weighted by atomic mass is 10.2. The molecule has 0 saturated carbocycles. The molecule has 2 rings (SSSR count). The summed E-state index contributed by atoms with van der Waals surface area (Å²) in [4.78, 5) is 12.0. The second-order valence-electron chi connectivity index (χ2n) is 4.55. The van der Waals surface area contributed by atoms with Gasteiger partial charge in [0.25, 0.3) is 5.91 Å². The molecule has 3 nitrogen and oxygen atoms in total. The number of rotatable bonds is 5. The van der Waals surface area contributed by atoms with E-state index in [2.05, 4.69) is 5.32 Å². The van der Waals surface area contributed by atoms with Crippen LogP contribution in [0.2, 0.25) is 0 Å². The minimum absolute atomic E-state index is 0.244. The van der Waals surface area contributed by atoms with Crippen molar-refractivity contribution in [2.75, 3.05) is 11.9 Å². The third-order valence-electron chi connectivity index (χ3n) is 2.87. The molecule has 0 aliphatic rings. The largest absolute Gasteiger partial charge is 0.494 e. The van der Waals surface area contributed by atoms with Crippen LogP contribution in [0.25, 0.3) is 0 Å². The van der Waals surface area contributed by atoms with Crippen LogP contribution in [0.4, 0.5) is 18.9 Å². The Balaban J connectivity index is 2.11. The van der Waals surface area contributed by atoms with Crippen molar-refractivity contribution in [3.8, 4) is 5.75 Å². The van der Waals surface area contributed by atoms with Gasteiger partial charge >= 0.3 is 0 Å². The highest BCUT2D eigenvalue weighted by atomic mass is 19.2. The van der Waals surface area contributed by atoms with Crippen molar-refractivity contribution >= 4 is 11.6 Å². The molecule has 0 fully saturated rings. The lowest BCUT2D eigenvalue weighted by molar-refractivity contribution is 0.102. The highest BCUT2D eigenvalue weighted by Gasteiger charge is 2.16. The normalized spacial score (nSPS) is 10.4. The van der Waals surface area contributed by atoms with Crippen LogP contribution in [0.15, 0.2) is 36.4 Å². The summed E-state index contributed by atoms with van der Waals surface area (Å²) in [7, 11) is 0. The van der Waals surface area contributed by atoms with Crippen LogP contribution < -0.4 is 10.1 Å². The van der Waals surface area contributed by atoms with Crippen LogP contribution >= 0.6 is 0 Å². The Labute approximate surface area is 125 Å². The first-order chi connectivity index (χ1) is 10.5. The second-order valence-corrected chi connectivity index (χ2v) is 4.55. The van der Waals surface area contributed by atoms with Crippen molar-refractivity contribution in [3.63, 3.8) is 0 Å². The molecule has 22 heavy (non-hydrogen) atoms. The van der Waals surface area contributed by atoms with E-state index in [-0.39, 0.29) is 5.56 Å². The quantitative estimate of drug-likeness (QED) is 0.843. The van der Waals surface area contributed by atoms with Gasteiger partial charge in [-0.25, -0.2) is 13.2 Å². The monoisotopic (exact) mass is 309 g/mol. The molecule has 2 aromatic rings. The maximum Gasteiger partial charge on any atom is 0.255 e. The van der Waals surface area contributed by atoms with Crippen molar-refractivity contribution in [1.29, 1.82) is 0 Å². The van der Waals surface area contributed by atoms with Crippen LogP contribution in [0.1, 0.15) is 23.7 Å². The molecule has 0 spiro atoms. The molecule has 0 aromatic heterocycles. The first-order valence-corrected chi connectivity index (χ1v) is 6.70. The SMILES string of the molecule is CCCOc1ccc(C(=O)Nc2ccc(F)c(F)c2F)cc1. The molecule has 0 heterocycles. The molecule has 1 N–H and O–H groups in total. The number of halogens is 3. The van der Waals surface area contributed by atoms with Gasteiger partial charge in [-0.3, -0.25) is 4.79 Å². The number of hydrogen-bond donors (Lipinski definition) is 1. The fourth-order valence-electron chi connectivity index (χ4n) is 1.74. The molecule has 0 saturated heterocycles. The number of benzene rings is 2. The van der Waals surface area contributed by atoms with Gasteiger partial charge < -0.3 is 10.1 Å². The van der Waals surface area contributed by atoms with Gasteiger partial charge in [-0.2, -0.15) is 0 Å². The van der Waals surface area contributed by atoms with Gasteiger partial charge in [0.15, 0.2) is 17.5 Å². The number of carbonyl (C=O) groups excluding carboxylic acids is 1. The van der Waals surface area contributed by atoms with Gasteiger partial charge in [0.1, 0.15) is 5.75 Å². The molecule has 1 amide bonds. The zero-order valence-electron chi connectivity index (χ0n) is 11.8. The van der Waals surface area contributed by atoms with E-state index in [0.29, 0.717) is 12.4 Å². The van der Waals surface area contributed by atoms with E-state index in [0.717, 1.165) is 18.6 Å². The minimum atomic E-state index is -1.62. The van der Waals surface area contributed by atoms with Crippen LogP contribution in [0.3, 0.4) is 0 Å². The highest BCUT2D eigenvalue weighted by molar-refractivity contribution is 6.04. The fraction of sp³-hybridized carbons (Fsp3) is 0.188. The number of amides is 1. The number of ether oxygens (including phenoxy) is 1. The summed E-state index contributed by atoms with van der Waals surface area (Å²) in [5.74, 6) is -4.39. The van der Waals surface area contributed by atoms with E-state index in [1.54, 1.807) is 12.1 Å². The van der Waals surface area contributed by atoms with Crippen molar-refractivity contribution in [2.45, 2.75) is 13.3 Å². The molecule has 6 heteroatoms. The van der Waals surface area contributed by atoms with Crippen molar-refractivity contribution in [3.05, 3.63) is 59.4 Å². The molecular formula is C16H14F3NO2. The lowest BCUT2D eigenvalue weighted by Gasteiger charge is -2.08. The third-order valence-corrected chi connectivity index (χ3v) is 2.87. The zero-order valence-corrected chi connectivity index (χ0v) is 11.8. The van der Waals surface area contributed by atoms with Gasteiger partial charge in [0.05, 0.1) is 12.3 Å². The average molecular weight is 309 g/mol. The third kappa shape index (κ3) is 3.58. The lowest BCUT2D eigenvalue weighted by Crippen LogP contribution is -2.13. The van der Waals surface area contributed by atoms with E-state index >= 15 is 0 Å². The zero-order chi connectivity index (χ0) is 16.1. The fourth-order valence-corrected chi connectivity index (χ4v) is 1.74. The number of anilines is 1. The van der Waals surface area contributed by atoms with E-state index in [4.69, 9.17) is 4.74 Å². The second kappa shape index (κ2) is 6.98. The van der Waals surface area contributed by atoms with Gasteiger partial charge in [0, 0.05) is 5.56 Å². The van der Waals surface area contributed by atoms with Gasteiger partial charge in [0.2, 0.25) is 0 Å². The van der Waals surface area contributed by atoms with Crippen LogP contribution in [-0.4, -0.2) is 12.5 Å². The van der Waals surface area contributed by atoms with Crippen molar-refractivity contribution < 1.29 is 22.7 Å². The number of carbonyl (C=O) groups is 1. The van der Waals surface area contributed by atoms with Gasteiger partial charge in [-0.1, -0.05) is 6.92 Å². The molecule has 0 radical (unpaired) electrons. The standard InChI is InChI=1S/C16H14F3NO2/c1-2-9-22-11-5-3-10(4-6-11)16(21)20-13-8-7-12(17)14(18)15(13)19/h3-8H,2,9H2,1H3,(H,20,21). The molecule has 2 aromatic carbocycles. The minimum Gasteiger partial charge on any atom is -0.494 e. The molecule has 0 atom stereocenters. The maximum atomic E-state index is 13.5. The van der Waals surface area contributed by atoms with Gasteiger partial charge in [-0.15, -0.1) is 0 Å². The van der Waals surface area contributed by atoms with Crippen LogP contribution in [0, 0.1) is 17.5 Å². The maximum absolute atomic E-state index is 13.5. The smallest absolute Gasteiger partial charge is 0.255 e. The highest BCUT2D eigenvalue weighted by Crippen LogP contribution is 2.21. The Morgan fingerprint density at radius 1 is 1.05 bits per heavy atom. The van der Waals surface area contributed by atoms with Crippen molar-refractivity contribution in [2.24, 2.45) is 0 Å². The van der Waals surface area contributed by atoms with E-state index in [9.17, 15) is 18.0 Å². The summed E-state index contributed by atoms with van der Waals surface area (Å²) >= 11 is 0. The predicted molar refractivity (Wildman–Crippen MR) is 76.5 cm³/mol. The van der Waals surface area contributed by atoms with Crippen LogP contribution in [0.5, 0.6) is 5.75 Å². The molecule has 0 aliphatic carbocycles. The summed E-state index contributed by atoms with van der Waals surface area (Å²) in [5, 5.41) is 2.20. The Morgan fingerprint density at radius 2 is 1.73 bits per heavy atom. The first kappa shape index (κ1) is 15.9. The van der Waals surface area contributed by atoms with E-state index < -0.39 is 29.0 Å². The molecule has 0 aliphatic heterocycles.